The number of hydrogen-bond acceptors (Lipinski definition) is 2. The van der Waals surface area contributed by atoms with Gasteiger partial charge in [0.1, 0.15) is 6.04 Å². The summed E-state index contributed by atoms with van der Waals surface area (Å²) in [6.07, 6.45) is 0.894. The molecule has 0 spiro atoms. The number of aryl methyl sites for hydroxylation is 2. The number of carbonyl (C=O) groups excluding carboxylic acids is 2. The van der Waals surface area contributed by atoms with E-state index in [-0.39, 0.29) is 11.8 Å². The van der Waals surface area contributed by atoms with Crippen LogP contribution in [-0.2, 0) is 9.59 Å². The molecule has 0 saturated heterocycles. The van der Waals surface area contributed by atoms with Crippen molar-refractivity contribution in [3.05, 3.63) is 28.8 Å². The van der Waals surface area contributed by atoms with Gasteiger partial charge in [-0.1, -0.05) is 24.6 Å². The van der Waals surface area contributed by atoms with Crippen LogP contribution < -0.4 is 10.2 Å². The van der Waals surface area contributed by atoms with E-state index in [9.17, 15) is 9.59 Å². The van der Waals surface area contributed by atoms with Crippen molar-refractivity contribution in [3.8, 4) is 0 Å². The molecule has 19 heavy (non-hydrogen) atoms. The molecule has 2 rings (SSSR count). The summed E-state index contributed by atoms with van der Waals surface area (Å²) >= 11 is 0. The molecule has 0 aliphatic carbocycles. The predicted octanol–water partition coefficient (Wildman–Crippen LogP) is 2.24. The third kappa shape index (κ3) is 2.35. The molecule has 2 amide bonds. The molecule has 1 aromatic rings. The molecule has 0 saturated carbocycles. The smallest absolute Gasteiger partial charge is 0.254 e. The highest BCUT2D eigenvalue weighted by atomic mass is 16.2. The summed E-state index contributed by atoms with van der Waals surface area (Å²) in [5, 5.41) is 2.76. The second kappa shape index (κ2) is 5.03. The lowest BCUT2D eigenvalue weighted by Crippen LogP contribution is -2.37. The van der Waals surface area contributed by atoms with E-state index in [4.69, 9.17) is 0 Å². The van der Waals surface area contributed by atoms with Gasteiger partial charge in [-0.3, -0.25) is 9.59 Å². The first kappa shape index (κ1) is 13.6. The summed E-state index contributed by atoms with van der Waals surface area (Å²) in [5.74, 6) is -0.206. The van der Waals surface area contributed by atoms with E-state index < -0.39 is 6.04 Å². The van der Waals surface area contributed by atoms with Crippen molar-refractivity contribution >= 4 is 17.5 Å². The fraction of sp³-hybridized carbons (Fsp3) is 0.467. The Hall–Kier alpha value is -1.84. The van der Waals surface area contributed by atoms with Crippen LogP contribution in [0.25, 0.3) is 0 Å². The fourth-order valence-corrected chi connectivity index (χ4v) is 2.77. The van der Waals surface area contributed by atoms with E-state index in [0.29, 0.717) is 6.54 Å². The van der Waals surface area contributed by atoms with Gasteiger partial charge in [0.2, 0.25) is 5.91 Å². The number of anilines is 1. The van der Waals surface area contributed by atoms with Crippen molar-refractivity contribution in [2.75, 3.05) is 11.4 Å². The molecule has 1 atom stereocenters. The quantitative estimate of drug-likeness (QED) is 0.906. The van der Waals surface area contributed by atoms with Gasteiger partial charge in [0, 0.05) is 19.0 Å². The summed E-state index contributed by atoms with van der Waals surface area (Å²) in [4.78, 5) is 25.6. The second-order valence-electron chi connectivity index (χ2n) is 5.14. The topological polar surface area (TPSA) is 49.4 Å². The number of nitrogens with zero attached hydrogens (tertiary/aromatic N) is 1. The van der Waals surface area contributed by atoms with Crippen molar-refractivity contribution in [2.45, 2.75) is 40.2 Å². The Balaban J connectivity index is 2.53. The standard InChI is InChI=1S/C15H20N2O2/c1-5-6-17-14-10(3)7-9(2)8-12(14)13(15(17)19)16-11(4)18/h7-8,13H,5-6H2,1-4H3,(H,16,18)/t13-/m0/s1. The number of nitrogens with one attached hydrogen (secondary N) is 1. The lowest BCUT2D eigenvalue weighted by Gasteiger charge is -2.18. The Morgan fingerprint density at radius 2 is 2.05 bits per heavy atom. The van der Waals surface area contributed by atoms with Crippen molar-refractivity contribution in [1.29, 1.82) is 0 Å². The first-order chi connectivity index (χ1) is 8.95. The fourth-order valence-electron chi connectivity index (χ4n) is 2.77. The number of fused-ring (bicyclic) bond motifs is 1. The van der Waals surface area contributed by atoms with Crippen molar-refractivity contribution in [3.63, 3.8) is 0 Å². The summed E-state index contributed by atoms with van der Waals surface area (Å²) in [7, 11) is 0. The number of rotatable bonds is 3. The minimum atomic E-state index is -0.530. The van der Waals surface area contributed by atoms with Gasteiger partial charge in [-0.05, 0) is 25.8 Å². The van der Waals surface area contributed by atoms with Crippen LogP contribution in [0.3, 0.4) is 0 Å². The van der Waals surface area contributed by atoms with Gasteiger partial charge in [0.05, 0.1) is 5.69 Å². The van der Waals surface area contributed by atoms with Gasteiger partial charge in [0.25, 0.3) is 5.91 Å². The average Bonchev–Trinajstić information content (AvgIpc) is 2.55. The van der Waals surface area contributed by atoms with Gasteiger partial charge < -0.3 is 10.2 Å². The van der Waals surface area contributed by atoms with Gasteiger partial charge in [-0.15, -0.1) is 0 Å². The third-order valence-electron chi connectivity index (χ3n) is 3.36. The third-order valence-corrected chi connectivity index (χ3v) is 3.36. The average molecular weight is 260 g/mol. The molecule has 0 radical (unpaired) electrons. The Bertz CT molecular complexity index is 537. The molecule has 0 unspecified atom stereocenters. The highest BCUT2D eigenvalue weighted by Gasteiger charge is 2.38. The number of amides is 2. The summed E-state index contributed by atoms with van der Waals surface area (Å²) in [6, 6.07) is 3.54. The molecule has 0 fully saturated rings. The maximum atomic E-state index is 12.5. The van der Waals surface area contributed by atoms with Crippen LogP contribution in [0.1, 0.15) is 43.0 Å². The second-order valence-corrected chi connectivity index (χ2v) is 5.14. The molecule has 1 aliphatic heterocycles. The Morgan fingerprint density at radius 3 is 2.63 bits per heavy atom. The summed E-state index contributed by atoms with van der Waals surface area (Å²) in [6.45, 7) is 8.19. The Labute approximate surface area is 113 Å². The van der Waals surface area contributed by atoms with Crippen molar-refractivity contribution in [2.24, 2.45) is 0 Å². The Morgan fingerprint density at radius 1 is 1.37 bits per heavy atom. The maximum absolute atomic E-state index is 12.5. The highest BCUT2D eigenvalue weighted by molar-refractivity contribution is 6.06. The minimum Gasteiger partial charge on any atom is -0.341 e. The summed E-state index contributed by atoms with van der Waals surface area (Å²) in [5.41, 5.74) is 4.09. The van der Waals surface area contributed by atoms with Crippen LogP contribution in [0, 0.1) is 13.8 Å². The molecule has 102 valence electrons. The van der Waals surface area contributed by atoms with Crippen molar-refractivity contribution in [1.82, 2.24) is 5.32 Å². The maximum Gasteiger partial charge on any atom is 0.254 e. The lowest BCUT2D eigenvalue weighted by molar-refractivity contribution is -0.126. The van der Waals surface area contributed by atoms with Gasteiger partial charge in [0.15, 0.2) is 0 Å². The van der Waals surface area contributed by atoms with Crippen molar-refractivity contribution < 1.29 is 9.59 Å². The minimum absolute atomic E-state index is 0.0271. The van der Waals surface area contributed by atoms with Crippen LogP contribution in [0.5, 0.6) is 0 Å². The van der Waals surface area contributed by atoms with E-state index in [0.717, 1.165) is 28.8 Å². The molecule has 1 N–H and O–H groups in total. The SMILES string of the molecule is CCCN1C(=O)[C@@H](NC(C)=O)c2cc(C)cc(C)c21. The Kier molecular flexibility index (Phi) is 3.60. The van der Waals surface area contributed by atoms with Gasteiger partial charge in [-0.2, -0.15) is 0 Å². The van der Waals surface area contributed by atoms with Crippen LogP contribution >= 0.6 is 0 Å². The van der Waals surface area contributed by atoms with E-state index in [1.807, 2.05) is 26.8 Å². The van der Waals surface area contributed by atoms with Gasteiger partial charge >= 0.3 is 0 Å². The number of benzene rings is 1. The largest absolute Gasteiger partial charge is 0.341 e. The van der Waals surface area contributed by atoms with E-state index in [2.05, 4.69) is 11.4 Å². The predicted molar refractivity (Wildman–Crippen MR) is 75.1 cm³/mol. The van der Waals surface area contributed by atoms with E-state index in [1.165, 1.54) is 6.92 Å². The number of hydrogen-bond donors (Lipinski definition) is 1. The molecule has 1 heterocycles. The van der Waals surface area contributed by atoms with Crippen LogP contribution in [0.4, 0.5) is 5.69 Å². The first-order valence-electron chi connectivity index (χ1n) is 6.65. The van der Waals surface area contributed by atoms with Crippen LogP contribution in [-0.4, -0.2) is 18.4 Å². The zero-order valence-corrected chi connectivity index (χ0v) is 11.9. The molecule has 1 aliphatic rings. The molecular formula is C15H20N2O2. The molecular weight excluding hydrogens is 240 g/mol. The van der Waals surface area contributed by atoms with Crippen LogP contribution in [0.2, 0.25) is 0 Å². The molecule has 4 nitrogen and oxygen atoms in total. The molecule has 4 heteroatoms. The van der Waals surface area contributed by atoms with Gasteiger partial charge in [-0.25, -0.2) is 0 Å². The first-order valence-corrected chi connectivity index (χ1v) is 6.65. The molecule has 1 aromatic carbocycles. The molecule has 0 aromatic heterocycles. The van der Waals surface area contributed by atoms with E-state index in [1.54, 1.807) is 4.90 Å². The highest BCUT2D eigenvalue weighted by Crippen LogP contribution is 2.39. The zero-order valence-electron chi connectivity index (χ0n) is 11.9. The van der Waals surface area contributed by atoms with E-state index >= 15 is 0 Å². The van der Waals surface area contributed by atoms with Crippen LogP contribution in [0.15, 0.2) is 12.1 Å². The monoisotopic (exact) mass is 260 g/mol. The lowest BCUT2D eigenvalue weighted by atomic mass is 10.0. The summed E-state index contributed by atoms with van der Waals surface area (Å²) < 4.78 is 0. The molecule has 0 bridgehead atoms. The normalized spacial score (nSPS) is 17.6. The number of carbonyl (C=O) groups is 2. The zero-order chi connectivity index (χ0) is 14.2.